The standard InChI is InChI=1S/C23H13Cl3N2O5S/c24-13-6-8-15-18(10-13)34-21(19(15)26)23(30)33-20(12-4-2-1-3-5-12)22(29)27-14-7-9-16(25)17(11-14)28(31)32/h1-11,20H,(H,27,29). The normalized spacial score (nSPS) is 11.7. The number of amides is 1. The van der Waals surface area contributed by atoms with Gasteiger partial charge in [0.15, 0.2) is 0 Å². The maximum absolute atomic E-state index is 13.1. The Morgan fingerprint density at radius 3 is 2.44 bits per heavy atom. The molecule has 0 saturated carbocycles. The van der Waals surface area contributed by atoms with Crippen molar-refractivity contribution in [3.05, 3.63) is 102 Å². The molecule has 0 radical (unpaired) electrons. The first kappa shape index (κ1) is 24.0. The molecule has 1 unspecified atom stereocenters. The van der Waals surface area contributed by atoms with Gasteiger partial charge in [-0.05, 0) is 24.3 Å². The molecule has 3 aromatic carbocycles. The number of benzene rings is 3. The number of carbonyl (C=O) groups is 2. The van der Waals surface area contributed by atoms with Crippen molar-refractivity contribution in [2.45, 2.75) is 6.10 Å². The molecule has 1 N–H and O–H groups in total. The minimum absolute atomic E-state index is 0.0754. The Bertz CT molecular complexity index is 1430. The van der Waals surface area contributed by atoms with Crippen molar-refractivity contribution >= 4 is 79.5 Å². The third kappa shape index (κ3) is 5.00. The van der Waals surface area contributed by atoms with E-state index in [1.165, 1.54) is 12.1 Å². The Kier molecular flexibility index (Phi) is 7.04. The van der Waals surface area contributed by atoms with Gasteiger partial charge in [0.2, 0.25) is 6.10 Å². The number of nitro benzene ring substituents is 1. The summed E-state index contributed by atoms with van der Waals surface area (Å²) in [4.78, 5) is 36.8. The van der Waals surface area contributed by atoms with Crippen LogP contribution in [0.4, 0.5) is 11.4 Å². The van der Waals surface area contributed by atoms with Gasteiger partial charge in [-0.1, -0.05) is 71.2 Å². The fraction of sp³-hybridized carbons (Fsp3) is 0.0435. The summed E-state index contributed by atoms with van der Waals surface area (Å²) in [6.45, 7) is 0. The number of anilines is 1. The van der Waals surface area contributed by atoms with Crippen LogP contribution < -0.4 is 5.32 Å². The highest BCUT2D eigenvalue weighted by Gasteiger charge is 2.29. The molecule has 0 aliphatic rings. The first-order chi connectivity index (χ1) is 16.2. The third-order valence-electron chi connectivity index (χ3n) is 4.75. The van der Waals surface area contributed by atoms with Crippen molar-refractivity contribution in [1.29, 1.82) is 0 Å². The second-order valence-corrected chi connectivity index (χ2v) is 9.27. The molecule has 4 aromatic rings. The number of thiophene rings is 1. The van der Waals surface area contributed by atoms with Gasteiger partial charge in [0.25, 0.3) is 11.6 Å². The fourth-order valence-corrected chi connectivity index (χ4v) is 5.02. The van der Waals surface area contributed by atoms with Crippen molar-refractivity contribution in [3.63, 3.8) is 0 Å². The van der Waals surface area contributed by atoms with Crippen LogP contribution in [0, 0.1) is 10.1 Å². The van der Waals surface area contributed by atoms with Gasteiger partial charge in [-0.15, -0.1) is 11.3 Å². The van der Waals surface area contributed by atoms with Gasteiger partial charge < -0.3 is 10.1 Å². The first-order valence-corrected chi connectivity index (χ1v) is 11.6. The van der Waals surface area contributed by atoms with Crippen molar-refractivity contribution in [1.82, 2.24) is 0 Å². The van der Waals surface area contributed by atoms with E-state index in [2.05, 4.69) is 5.32 Å². The first-order valence-electron chi connectivity index (χ1n) is 9.63. The summed E-state index contributed by atoms with van der Waals surface area (Å²) in [5.74, 6) is -1.51. The van der Waals surface area contributed by atoms with E-state index in [0.717, 1.165) is 17.4 Å². The lowest BCUT2D eigenvalue weighted by molar-refractivity contribution is -0.384. The molecule has 0 bridgehead atoms. The topological polar surface area (TPSA) is 98.5 Å². The number of nitro groups is 1. The average Bonchev–Trinajstić information content (AvgIpc) is 3.14. The predicted octanol–water partition coefficient (Wildman–Crippen LogP) is 7.31. The molecule has 34 heavy (non-hydrogen) atoms. The Morgan fingerprint density at radius 2 is 1.74 bits per heavy atom. The maximum Gasteiger partial charge on any atom is 0.351 e. The van der Waals surface area contributed by atoms with Gasteiger partial charge in [-0.2, -0.15) is 0 Å². The number of ether oxygens (including phenoxy) is 1. The van der Waals surface area contributed by atoms with Crippen LogP contribution in [0.2, 0.25) is 15.1 Å². The van der Waals surface area contributed by atoms with E-state index in [1.54, 1.807) is 48.5 Å². The van der Waals surface area contributed by atoms with Gasteiger partial charge in [-0.25, -0.2) is 4.79 Å². The quantitative estimate of drug-likeness (QED) is 0.159. The van der Waals surface area contributed by atoms with E-state index < -0.39 is 22.9 Å². The molecular weight excluding hydrogens is 523 g/mol. The third-order valence-corrected chi connectivity index (χ3v) is 6.94. The van der Waals surface area contributed by atoms with Crippen LogP contribution in [0.25, 0.3) is 10.1 Å². The van der Waals surface area contributed by atoms with E-state index in [9.17, 15) is 19.7 Å². The minimum Gasteiger partial charge on any atom is -0.443 e. The number of halogens is 3. The number of nitrogens with zero attached hydrogens (tertiary/aromatic N) is 1. The molecule has 1 atom stereocenters. The molecule has 7 nitrogen and oxygen atoms in total. The van der Waals surface area contributed by atoms with Crippen LogP contribution in [0.1, 0.15) is 21.3 Å². The van der Waals surface area contributed by atoms with Crippen molar-refractivity contribution in [3.8, 4) is 0 Å². The maximum atomic E-state index is 13.1. The molecule has 4 rings (SSSR count). The minimum atomic E-state index is -1.35. The number of nitrogens with one attached hydrogen (secondary N) is 1. The predicted molar refractivity (Wildman–Crippen MR) is 133 cm³/mol. The Morgan fingerprint density at radius 1 is 1.00 bits per heavy atom. The van der Waals surface area contributed by atoms with Crippen molar-refractivity contribution in [2.24, 2.45) is 0 Å². The van der Waals surface area contributed by atoms with E-state index in [1.807, 2.05) is 0 Å². The van der Waals surface area contributed by atoms with Crippen LogP contribution in [0.5, 0.6) is 0 Å². The van der Waals surface area contributed by atoms with Crippen molar-refractivity contribution in [2.75, 3.05) is 5.32 Å². The molecule has 0 saturated heterocycles. The van der Waals surface area contributed by atoms with Gasteiger partial charge in [-0.3, -0.25) is 14.9 Å². The highest BCUT2D eigenvalue weighted by molar-refractivity contribution is 7.21. The van der Waals surface area contributed by atoms with Gasteiger partial charge in [0.1, 0.15) is 9.90 Å². The fourth-order valence-electron chi connectivity index (χ4n) is 3.17. The number of hydrogen-bond acceptors (Lipinski definition) is 6. The summed E-state index contributed by atoms with van der Waals surface area (Å²) in [6, 6.07) is 17.2. The monoisotopic (exact) mass is 534 g/mol. The number of rotatable bonds is 6. The summed E-state index contributed by atoms with van der Waals surface area (Å²) < 4.78 is 6.27. The van der Waals surface area contributed by atoms with E-state index in [4.69, 9.17) is 39.5 Å². The zero-order valence-corrected chi connectivity index (χ0v) is 20.0. The summed E-state index contributed by atoms with van der Waals surface area (Å²) >= 11 is 19.4. The van der Waals surface area contributed by atoms with Crippen LogP contribution >= 0.6 is 46.1 Å². The summed E-state index contributed by atoms with van der Waals surface area (Å²) in [7, 11) is 0. The smallest absolute Gasteiger partial charge is 0.351 e. The van der Waals surface area contributed by atoms with Gasteiger partial charge in [0.05, 0.1) is 9.95 Å². The van der Waals surface area contributed by atoms with Gasteiger partial charge >= 0.3 is 5.97 Å². The molecule has 0 fully saturated rings. The zero-order chi connectivity index (χ0) is 24.4. The van der Waals surface area contributed by atoms with E-state index >= 15 is 0 Å². The van der Waals surface area contributed by atoms with Crippen molar-refractivity contribution < 1.29 is 19.2 Å². The lowest BCUT2D eigenvalue weighted by Crippen LogP contribution is -2.25. The number of fused-ring (bicyclic) bond motifs is 1. The largest absolute Gasteiger partial charge is 0.443 e. The van der Waals surface area contributed by atoms with Crippen LogP contribution in [0.15, 0.2) is 66.7 Å². The second-order valence-electron chi connectivity index (χ2n) is 6.99. The second kappa shape index (κ2) is 9.99. The molecule has 0 aliphatic heterocycles. The molecule has 0 spiro atoms. The highest BCUT2D eigenvalue weighted by Crippen LogP contribution is 2.38. The summed E-state index contributed by atoms with van der Waals surface area (Å²) in [5, 5.41) is 15.0. The van der Waals surface area contributed by atoms with Gasteiger partial charge in [0, 0.05) is 32.4 Å². The molecule has 11 heteroatoms. The Labute approximate surface area is 212 Å². The average molecular weight is 536 g/mol. The highest BCUT2D eigenvalue weighted by atomic mass is 35.5. The Balaban J connectivity index is 1.64. The molecular formula is C23H13Cl3N2O5S. The molecule has 1 heterocycles. The van der Waals surface area contributed by atoms with E-state index in [-0.39, 0.29) is 26.3 Å². The SMILES string of the molecule is O=C(OC(C(=O)Nc1ccc(Cl)c([N+](=O)[O-])c1)c1ccccc1)c1sc2cc(Cl)ccc2c1Cl. The zero-order valence-electron chi connectivity index (χ0n) is 17.0. The molecule has 1 amide bonds. The molecule has 172 valence electrons. The summed E-state index contributed by atoms with van der Waals surface area (Å²) in [5.41, 5.74) is 0.146. The number of carbonyl (C=O) groups excluding carboxylic acids is 2. The van der Waals surface area contributed by atoms with E-state index in [0.29, 0.717) is 20.7 Å². The lowest BCUT2D eigenvalue weighted by Gasteiger charge is -2.18. The lowest BCUT2D eigenvalue weighted by atomic mass is 10.1. The number of esters is 1. The van der Waals surface area contributed by atoms with Crippen LogP contribution in [-0.2, 0) is 9.53 Å². The van der Waals surface area contributed by atoms with Crippen LogP contribution in [0.3, 0.4) is 0 Å². The molecule has 1 aromatic heterocycles. The Hall–Kier alpha value is -3.17. The number of hydrogen-bond donors (Lipinski definition) is 1. The molecule has 0 aliphatic carbocycles. The van der Waals surface area contributed by atoms with Crippen LogP contribution in [-0.4, -0.2) is 16.8 Å². The summed E-state index contributed by atoms with van der Waals surface area (Å²) in [6.07, 6.45) is -1.35.